The highest BCUT2D eigenvalue weighted by atomic mass is 16.5. The predicted molar refractivity (Wildman–Crippen MR) is 79.5 cm³/mol. The third-order valence-corrected chi connectivity index (χ3v) is 3.42. The molecule has 116 valence electrons. The molecule has 0 saturated carbocycles. The number of aromatic nitrogens is 2. The van der Waals surface area contributed by atoms with E-state index in [1.54, 1.807) is 0 Å². The van der Waals surface area contributed by atoms with Gasteiger partial charge in [-0.3, -0.25) is 0 Å². The molecule has 0 bridgehead atoms. The van der Waals surface area contributed by atoms with Gasteiger partial charge in [-0.25, -0.2) is 0 Å². The first-order valence-corrected chi connectivity index (χ1v) is 7.65. The van der Waals surface area contributed by atoms with Crippen LogP contribution in [0.1, 0.15) is 77.9 Å². The fraction of sp³-hybridized carbons (Fsp3) is 0.867. The summed E-state index contributed by atoms with van der Waals surface area (Å²) in [6, 6.07) is 0. The van der Waals surface area contributed by atoms with Crippen LogP contribution in [0.3, 0.4) is 0 Å². The minimum atomic E-state index is -0.713. The lowest BCUT2D eigenvalue weighted by Crippen LogP contribution is -2.40. The number of unbranched alkanes of at least 4 members (excludes halogenated alkanes) is 1. The average Bonchev–Trinajstić information content (AvgIpc) is 2.88. The van der Waals surface area contributed by atoms with Gasteiger partial charge < -0.3 is 15.0 Å². The van der Waals surface area contributed by atoms with E-state index in [9.17, 15) is 0 Å². The van der Waals surface area contributed by atoms with E-state index in [-0.39, 0.29) is 6.10 Å². The van der Waals surface area contributed by atoms with E-state index < -0.39 is 5.54 Å². The Morgan fingerprint density at radius 2 is 2.05 bits per heavy atom. The van der Waals surface area contributed by atoms with E-state index in [4.69, 9.17) is 15.0 Å². The zero-order valence-corrected chi connectivity index (χ0v) is 13.5. The van der Waals surface area contributed by atoms with Crippen molar-refractivity contribution in [3.8, 4) is 0 Å². The molecular weight excluding hydrogens is 254 g/mol. The number of rotatable bonds is 9. The maximum absolute atomic E-state index is 6.23. The number of nitrogens with two attached hydrogens (primary N) is 1. The lowest BCUT2D eigenvalue weighted by Gasteiger charge is -2.21. The normalized spacial score (nSPS) is 16.4. The van der Waals surface area contributed by atoms with Gasteiger partial charge in [-0.05, 0) is 33.6 Å². The zero-order valence-electron chi connectivity index (χ0n) is 13.5. The van der Waals surface area contributed by atoms with Crippen LogP contribution in [0.15, 0.2) is 4.52 Å². The van der Waals surface area contributed by atoms with Gasteiger partial charge in [0.15, 0.2) is 5.82 Å². The van der Waals surface area contributed by atoms with E-state index in [0.29, 0.717) is 24.2 Å². The maximum Gasteiger partial charge on any atom is 0.229 e. The first kappa shape index (κ1) is 17.1. The SMILES string of the molecule is CCCCC(CC)c1nc(C(C)(N)COC(C)C)no1. The smallest absolute Gasteiger partial charge is 0.229 e. The van der Waals surface area contributed by atoms with Crippen LogP contribution in [-0.4, -0.2) is 22.9 Å². The van der Waals surface area contributed by atoms with Gasteiger partial charge in [0.05, 0.1) is 12.7 Å². The van der Waals surface area contributed by atoms with Crippen molar-refractivity contribution in [2.24, 2.45) is 5.73 Å². The molecule has 1 heterocycles. The molecular formula is C15H29N3O2. The third-order valence-electron chi connectivity index (χ3n) is 3.42. The molecule has 2 unspecified atom stereocenters. The van der Waals surface area contributed by atoms with Gasteiger partial charge in [-0.15, -0.1) is 0 Å². The summed E-state index contributed by atoms with van der Waals surface area (Å²) in [5.41, 5.74) is 5.52. The van der Waals surface area contributed by atoms with Crippen molar-refractivity contribution in [1.29, 1.82) is 0 Å². The standard InChI is InChI=1S/C15H29N3O2/c1-6-8-9-12(7-2)13-17-14(18-20-13)15(5,16)10-19-11(3)4/h11-12H,6-10,16H2,1-5H3. The topological polar surface area (TPSA) is 74.2 Å². The Balaban J connectivity index is 2.73. The van der Waals surface area contributed by atoms with Crippen LogP contribution in [0.4, 0.5) is 0 Å². The lowest BCUT2D eigenvalue weighted by atomic mass is 9.99. The fourth-order valence-corrected chi connectivity index (χ4v) is 1.99. The second-order valence-electron chi connectivity index (χ2n) is 5.98. The number of hydrogen-bond donors (Lipinski definition) is 1. The van der Waals surface area contributed by atoms with Crippen LogP contribution >= 0.6 is 0 Å². The first-order valence-electron chi connectivity index (χ1n) is 7.65. The zero-order chi connectivity index (χ0) is 15.2. The molecule has 5 heteroatoms. The quantitative estimate of drug-likeness (QED) is 0.752. The second kappa shape index (κ2) is 7.74. The van der Waals surface area contributed by atoms with Gasteiger partial charge in [-0.2, -0.15) is 4.98 Å². The highest BCUT2D eigenvalue weighted by molar-refractivity contribution is 5.04. The summed E-state index contributed by atoms with van der Waals surface area (Å²) >= 11 is 0. The summed E-state index contributed by atoms with van der Waals surface area (Å²) < 4.78 is 11.0. The Morgan fingerprint density at radius 1 is 1.35 bits per heavy atom. The van der Waals surface area contributed by atoms with Crippen molar-refractivity contribution in [2.45, 2.75) is 77.9 Å². The van der Waals surface area contributed by atoms with Crippen LogP contribution in [0.2, 0.25) is 0 Å². The van der Waals surface area contributed by atoms with Crippen molar-refractivity contribution < 1.29 is 9.26 Å². The molecule has 0 aliphatic rings. The maximum atomic E-state index is 6.23. The lowest BCUT2D eigenvalue weighted by molar-refractivity contribution is 0.0410. The van der Waals surface area contributed by atoms with Crippen LogP contribution in [0, 0.1) is 0 Å². The molecule has 5 nitrogen and oxygen atoms in total. The molecule has 0 aliphatic heterocycles. The first-order chi connectivity index (χ1) is 9.40. The summed E-state index contributed by atoms with van der Waals surface area (Å²) in [7, 11) is 0. The Kier molecular flexibility index (Phi) is 6.62. The minimum absolute atomic E-state index is 0.136. The summed E-state index contributed by atoms with van der Waals surface area (Å²) in [6.07, 6.45) is 4.57. The molecule has 0 aliphatic carbocycles. The molecule has 1 aromatic heterocycles. The van der Waals surface area contributed by atoms with Crippen molar-refractivity contribution in [1.82, 2.24) is 10.1 Å². The Morgan fingerprint density at radius 3 is 2.60 bits per heavy atom. The molecule has 1 aromatic rings. The minimum Gasteiger partial charge on any atom is -0.376 e. The number of ether oxygens (including phenoxy) is 1. The van der Waals surface area contributed by atoms with Gasteiger partial charge in [0.25, 0.3) is 0 Å². The molecule has 0 spiro atoms. The molecule has 0 aromatic carbocycles. The van der Waals surface area contributed by atoms with Crippen LogP contribution in [0.5, 0.6) is 0 Å². The van der Waals surface area contributed by atoms with E-state index in [1.807, 2.05) is 20.8 Å². The highest BCUT2D eigenvalue weighted by Crippen LogP contribution is 2.26. The van der Waals surface area contributed by atoms with Gasteiger partial charge in [0.1, 0.15) is 5.54 Å². The summed E-state index contributed by atoms with van der Waals surface area (Å²) in [4.78, 5) is 4.50. The molecule has 0 fully saturated rings. The second-order valence-corrected chi connectivity index (χ2v) is 5.98. The van der Waals surface area contributed by atoms with E-state index in [2.05, 4.69) is 24.0 Å². The van der Waals surface area contributed by atoms with E-state index >= 15 is 0 Å². The molecule has 0 amide bonds. The molecule has 20 heavy (non-hydrogen) atoms. The van der Waals surface area contributed by atoms with Gasteiger partial charge in [0, 0.05) is 5.92 Å². The fourth-order valence-electron chi connectivity index (χ4n) is 1.99. The Labute approximate surface area is 122 Å². The summed E-state index contributed by atoms with van der Waals surface area (Å²) in [5, 5.41) is 4.05. The third kappa shape index (κ3) is 4.87. The van der Waals surface area contributed by atoms with Crippen LogP contribution in [0.25, 0.3) is 0 Å². The average molecular weight is 283 g/mol. The molecule has 2 atom stereocenters. The predicted octanol–water partition coefficient (Wildman–Crippen LogP) is 3.35. The van der Waals surface area contributed by atoms with Gasteiger partial charge in [0.2, 0.25) is 5.89 Å². The van der Waals surface area contributed by atoms with Gasteiger partial charge >= 0.3 is 0 Å². The highest BCUT2D eigenvalue weighted by Gasteiger charge is 2.29. The Bertz CT molecular complexity index is 388. The number of nitrogens with zero attached hydrogens (tertiary/aromatic N) is 2. The van der Waals surface area contributed by atoms with Crippen LogP contribution < -0.4 is 5.73 Å². The molecule has 2 N–H and O–H groups in total. The van der Waals surface area contributed by atoms with E-state index in [0.717, 1.165) is 12.8 Å². The van der Waals surface area contributed by atoms with E-state index in [1.165, 1.54) is 12.8 Å². The molecule has 0 saturated heterocycles. The largest absolute Gasteiger partial charge is 0.376 e. The van der Waals surface area contributed by atoms with Crippen molar-refractivity contribution in [3.05, 3.63) is 11.7 Å². The Hall–Kier alpha value is -0.940. The number of hydrogen-bond acceptors (Lipinski definition) is 5. The van der Waals surface area contributed by atoms with Crippen molar-refractivity contribution in [2.75, 3.05) is 6.61 Å². The summed E-state index contributed by atoms with van der Waals surface area (Å²) in [6.45, 7) is 10.6. The molecule has 1 rings (SSSR count). The monoisotopic (exact) mass is 283 g/mol. The van der Waals surface area contributed by atoms with Crippen molar-refractivity contribution >= 4 is 0 Å². The van der Waals surface area contributed by atoms with Gasteiger partial charge in [-0.1, -0.05) is 31.8 Å². The summed E-state index contributed by atoms with van der Waals surface area (Å²) in [5.74, 6) is 1.57. The molecule has 0 radical (unpaired) electrons. The van der Waals surface area contributed by atoms with Crippen LogP contribution in [-0.2, 0) is 10.3 Å². The van der Waals surface area contributed by atoms with Crippen molar-refractivity contribution in [3.63, 3.8) is 0 Å².